The van der Waals surface area contributed by atoms with Gasteiger partial charge in [0.05, 0.1) is 22.2 Å². The van der Waals surface area contributed by atoms with Crippen LogP contribution in [0.3, 0.4) is 0 Å². The van der Waals surface area contributed by atoms with Gasteiger partial charge in [0.25, 0.3) is 10.0 Å². The molecule has 4 aromatic rings. The highest BCUT2D eigenvalue weighted by Gasteiger charge is 2.18. The number of hydrogen-bond acceptors (Lipinski definition) is 6. The van der Waals surface area contributed by atoms with Crippen LogP contribution in [0.25, 0.3) is 11.3 Å². The minimum atomic E-state index is -3.97. The molecule has 0 saturated heterocycles. The molecular formula is C23H16N4O3S. The van der Waals surface area contributed by atoms with Crippen molar-refractivity contribution in [3.8, 4) is 29.0 Å². The zero-order valence-electron chi connectivity index (χ0n) is 16.1. The van der Waals surface area contributed by atoms with E-state index in [0.717, 1.165) is 5.56 Å². The van der Waals surface area contributed by atoms with Gasteiger partial charge in [0, 0.05) is 11.6 Å². The molecule has 0 bridgehead atoms. The van der Waals surface area contributed by atoms with Gasteiger partial charge in [-0.15, -0.1) is 0 Å². The number of ether oxygens (including phenoxy) is 1. The summed E-state index contributed by atoms with van der Waals surface area (Å²) in [6.07, 6.45) is 0. The highest BCUT2D eigenvalue weighted by Crippen LogP contribution is 2.27. The van der Waals surface area contributed by atoms with Crippen LogP contribution >= 0.6 is 0 Å². The van der Waals surface area contributed by atoms with Crippen LogP contribution in [0.4, 0.5) is 5.95 Å². The number of anilines is 1. The molecule has 7 nitrogen and oxygen atoms in total. The van der Waals surface area contributed by atoms with Crippen molar-refractivity contribution in [2.45, 2.75) is 4.90 Å². The van der Waals surface area contributed by atoms with Crippen LogP contribution in [0.15, 0.2) is 95.9 Å². The summed E-state index contributed by atoms with van der Waals surface area (Å²) in [5, 5.41) is 8.91. The number of nitriles is 1. The van der Waals surface area contributed by atoms with E-state index >= 15 is 0 Å². The molecule has 0 fully saturated rings. The molecule has 1 aromatic heterocycles. The topological polar surface area (TPSA) is 105 Å². The summed E-state index contributed by atoms with van der Waals surface area (Å²) in [6.45, 7) is 0. The quantitative estimate of drug-likeness (QED) is 0.481. The first kappa shape index (κ1) is 20.1. The molecule has 1 N–H and O–H groups in total. The fourth-order valence-electron chi connectivity index (χ4n) is 2.78. The molecule has 0 unspecified atom stereocenters. The lowest BCUT2D eigenvalue weighted by atomic mass is 10.1. The maximum atomic E-state index is 12.8. The van der Waals surface area contributed by atoms with Gasteiger partial charge in [-0.05, 0) is 36.4 Å². The second-order valence-electron chi connectivity index (χ2n) is 6.44. The molecule has 1 heterocycles. The summed E-state index contributed by atoms with van der Waals surface area (Å²) in [5.41, 5.74) is 1.64. The Kier molecular flexibility index (Phi) is 5.60. The molecule has 3 aromatic carbocycles. The summed E-state index contributed by atoms with van der Waals surface area (Å²) < 4.78 is 33.8. The maximum absolute atomic E-state index is 12.8. The number of hydrogen-bond donors (Lipinski definition) is 1. The van der Waals surface area contributed by atoms with Gasteiger partial charge in [-0.1, -0.05) is 48.5 Å². The van der Waals surface area contributed by atoms with E-state index in [0.29, 0.717) is 17.0 Å². The Morgan fingerprint density at radius 2 is 1.48 bits per heavy atom. The standard InChI is InChI=1S/C23H16N4O3S/c24-16-17-11-13-20(14-12-17)31(28,29)27-23-25-21(18-7-3-1-4-8-18)15-22(26-23)30-19-9-5-2-6-10-19/h1-15H,(H,25,26,27). The average molecular weight is 428 g/mol. The molecular weight excluding hydrogens is 412 g/mol. The third-order valence-electron chi connectivity index (χ3n) is 4.26. The third kappa shape index (κ3) is 4.86. The van der Waals surface area contributed by atoms with Gasteiger partial charge in [0.1, 0.15) is 5.75 Å². The monoisotopic (exact) mass is 428 g/mol. The predicted octanol–water partition coefficient (Wildman–Crippen LogP) is 4.61. The van der Waals surface area contributed by atoms with Crippen molar-refractivity contribution in [2.75, 3.05) is 4.72 Å². The molecule has 0 saturated carbocycles. The Bertz CT molecular complexity index is 1340. The number of sulfonamides is 1. The van der Waals surface area contributed by atoms with Gasteiger partial charge in [-0.3, -0.25) is 0 Å². The maximum Gasteiger partial charge on any atom is 0.264 e. The molecule has 152 valence electrons. The summed E-state index contributed by atoms with van der Waals surface area (Å²) in [5.74, 6) is 0.621. The fourth-order valence-corrected chi connectivity index (χ4v) is 3.72. The Balaban J connectivity index is 1.71. The van der Waals surface area contributed by atoms with E-state index in [1.807, 2.05) is 54.6 Å². The van der Waals surface area contributed by atoms with Crippen LogP contribution in [0.1, 0.15) is 5.56 Å². The largest absolute Gasteiger partial charge is 0.439 e. The van der Waals surface area contributed by atoms with E-state index in [1.165, 1.54) is 24.3 Å². The second-order valence-corrected chi connectivity index (χ2v) is 8.12. The molecule has 0 aliphatic rings. The summed E-state index contributed by atoms with van der Waals surface area (Å²) in [7, 11) is -3.97. The van der Waals surface area contributed by atoms with E-state index in [2.05, 4.69) is 14.7 Å². The molecule has 0 radical (unpaired) electrons. The Hall–Kier alpha value is -4.22. The molecule has 0 spiro atoms. The average Bonchev–Trinajstić information content (AvgIpc) is 2.80. The van der Waals surface area contributed by atoms with Crippen LogP contribution in [-0.4, -0.2) is 18.4 Å². The molecule has 0 aliphatic carbocycles. The van der Waals surface area contributed by atoms with Crippen molar-refractivity contribution in [1.29, 1.82) is 5.26 Å². The lowest BCUT2D eigenvalue weighted by molar-refractivity contribution is 0.463. The molecule has 0 amide bonds. The van der Waals surface area contributed by atoms with Crippen LogP contribution < -0.4 is 9.46 Å². The Labute approximate surface area is 179 Å². The van der Waals surface area contributed by atoms with Gasteiger partial charge in [0.2, 0.25) is 11.8 Å². The third-order valence-corrected chi connectivity index (χ3v) is 5.60. The highest BCUT2D eigenvalue weighted by molar-refractivity contribution is 7.92. The Morgan fingerprint density at radius 3 is 2.13 bits per heavy atom. The van der Waals surface area contributed by atoms with Gasteiger partial charge >= 0.3 is 0 Å². The highest BCUT2D eigenvalue weighted by atomic mass is 32.2. The number of rotatable bonds is 6. The van der Waals surface area contributed by atoms with Crippen molar-refractivity contribution < 1.29 is 13.2 Å². The van der Waals surface area contributed by atoms with Crippen molar-refractivity contribution in [2.24, 2.45) is 0 Å². The van der Waals surface area contributed by atoms with Crippen molar-refractivity contribution >= 4 is 16.0 Å². The van der Waals surface area contributed by atoms with Gasteiger partial charge in [0.15, 0.2) is 0 Å². The minimum absolute atomic E-state index is 0.00857. The van der Waals surface area contributed by atoms with Crippen LogP contribution in [0.2, 0.25) is 0 Å². The normalized spacial score (nSPS) is 10.8. The number of nitrogens with one attached hydrogen (secondary N) is 1. The second kappa shape index (κ2) is 8.65. The zero-order valence-corrected chi connectivity index (χ0v) is 17.0. The van der Waals surface area contributed by atoms with E-state index < -0.39 is 10.0 Å². The van der Waals surface area contributed by atoms with Crippen LogP contribution in [-0.2, 0) is 10.0 Å². The van der Waals surface area contributed by atoms with E-state index in [9.17, 15) is 8.42 Å². The smallest absolute Gasteiger partial charge is 0.264 e. The number of nitrogens with zero attached hydrogens (tertiary/aromatic N) is 3. The van der Waals surface area contributed by atoms with Crippen LogP contribution in [0.5, 0.6) is 11.6 Å². The molecule has 31 heavy (non-hydrogen) atoms. The molecule has 4 rings (SSSR count). The SMILES string of the molecule is N#Cc1ccc(S(=O)(=O)Nc2nc(Oc3ccccc3)cc(-c3ccccc3)n2)cc1. The summed E-state index contributed by atoms with van der Waals surface area (Å²) in [4.78, 5) is 8.57. The zero-order chi connectivity index (χ0) is 21.7. The fraction of sp³-hybridized carbons (Fsp3) is 0. The first-order valence-corrected chi connectivity index (χ1v) is 10.7. The summed E-state index contributed by atoms with van der Waals surface area (Å²) >= 11 is 0. The van der Waals surface area contributed by atoms with E-state index in [1.54, 1.807) is 18.2 Å². The molecule has 0 atom stereocenters. The van der Waals surface area contributed by atoms with E-state index in [-0.39, 0.29) is 16.7 Å². The van der Waals surface area contributed by atoms with Gasteiger partial charge in [-0.2, -0.15) is 10.2 Å². The van der Waals surface area contributed by atoms with E-state index in [4.69, 9.17) is 10.00 Å². The first-order valence-electron chi connectivity index (χ1n) is 9.24. The number of para-hydroxylation sites is 1. The molecule has 0 aliphatic heterocycles. The van der Waals surface area contributed by atoms with Gasteiger partial charge < -0.3 is 4.74 Å². The van der Waals surface area contributed by atoms with Crippen LogP contribution in [0, 0.1) is 11.3 Å². The predicted molar refractivity (Wildman–Crippen MR) is 116 cm³/mol. The van der Waals surface area contributed by atoms with Crippen molar-refractivity contribution in [3.63, 3.8) is 0 Å². The Morgan fingerprint density at radius 1 is 0.839 bits per heavy atom. The molecule has 8 heteroatoms. The number of benzene rings is 3. The van der Waals surface area contributed by atoms with Crippen molar-refractivity contribution in [3.05, 3.63) is 96.6 Å². The summed E-state index contributed by atoms with van der Waals surface area (Å²) in [6, 6.07) is 27.5. The lowest BCUT2D eigenvalue weighted by Crippen LogP contribution is -2.15. The lowest BCUT2D eigenvalue weighted by Gasteiger charge is -2.11. The van der Waals surface area contributed by atoms with Crippen molar-refractivity contribution in [1.82, 2.24) is 9.97 Å². The number of aromatic nitrogens is 2. The minimum Gasteiger partial charge on any atom is -0.439 e. The van der Waals surface area contributed by atoms with Gasteiger partial charge in [-0.25, -0.2) is 18.1 Å². The first-order chi connectivity index (χ1) is 15.0.